The van der Waals surface area contributed by atoms with Crippen LogP contribution in [0.2, 0.25) is 5.02 Å². The number of benzene rings is 1. The fourth-order valence-electron chi connectivity index (χ4n) is 1.90. The van der Waals surface area contributed by atoms with Gasteiger partial charge in [-0.2, -0.15) is 0 Å². The number of nitrogens with zero attached hydrogens (tertiary/aromatic N) is 3. The van der Waals surface area contributed by atoms with Gasteiger partial charge in [0.05, 0.1) is 16.2 Å². The van der Waals surface area contributed by atoms with Crippen LogP contribution in [0.15, 0.2) is 43.0 Å². The number of carboxylic acids is 1. The normalized spacial score (nSPS) is 10.8. The van der Waals surface area contributed by atoms with E-state index < -0.39 is 5.97 Å². The molecule has 0 aliphatic rings. The standard InChI is InChI=1S/C13H8ClN3O2/c14-9-3-4-11(12-8(9)2-1-5-15-12)17-6-10(13(18)19)16-7-17/h1-7H,(H,18,19). The molecule has 0 aliphatic carbocycles. The third-order valence-corrected chi connectivity index (χ3v) is 3.10. The van der Waals surface area contributed by atoms with Crippen LogP contribution in [0.4, 0.5) is 0 Å². The van der Waals surface area contributed by atoms with Crippen LogP contribution in [0.1, 0.15) is 10.5 Å². The summed E-state index contributed by atoms with van der Waals surface area (Å²) in [6.07, 6.45) is 4.55. The molecule has 6 heteroatoms. The number of pyridine rings is 1. The van der Waals surface area contributed by atoms with Gasteiger partial charge in [-0.25, -0.2) is 9.78 Å². The highest BCUT2D eigenvalue weighted by Crippen LogP contribution is 2.27. The monoisotopic (exact) mass is 273 g/mol. The Morgan fingerprint density at radius 1 is 1.26 bits per heavy atom. The number of hydrogen-bond acceptors (Lipinski definition) is 3. The smallest absolute Gasteiger partial charge is 0.356 e. The number of halogens is 1. The Hall–Kier alpha value is -2.40. The lowest BCUT2D eigenvalue weighted by molar-refractivity contribution is 0.0691. The predicted octanol–water partition coefficient (Wildman–Crippen LogP) is 2.77. The number of fused-ring (bicyclic) bond motifs is 1. The van der Waals surface area contributed by atoms with E-state index in [1.807, 2.05) is 6.07 Å². The zero-order valence-corrected chi connectivity index (χ0v) is 10.4. The minimum absolute atomic E-state index is 0.0148. The van der Waals surface area contributed by atoms with Gasteiger partial charge in [-0.3, -0.25) is 4.98 Å². The number of hydrogen-bond donors (Lipinski definition) is 1. The van der Waals surface area contributed by atoms with E-state index in [0.717, 1.165) is 11.1 Å². The van der Waals surface area contributed by atoms with Gasteiger partial charge in [-0.1, -0.05) is 11.6 Å². The zero-order chi connectivity index (χ0) is 13.4. The van der Waals surface area contributed by atoms with Gasteiger partial charge in [0, 0.05) is 17.8 Å². The van der Waals surface area contributed by atoms with E-state index in [4.69, 9.17) is 16.7 Å². The Balaban J connectivity index is 2.24. The molecule has 0 bridgehead atoms. The Labute approximate surface area is 113 Å². The molecule has 0 atom stereocenters. The van der Waals surface area contributed by atoms with Crippen LogP contribution in [0.25, 0.3) is 16.6 Å². The molecule has 3 rings (SSSR count). The van der Waals surface area contributed by atoms with Crippen LogP contribution in [-0.4, -0.2) is 25.6 Å². The van der Waals surface area contributed by atoms with E-state index in [1.165, 1.54) is 12.5 Å². The largest absolute Gasteiger partial charge is 0.476 e. The second kappa shape index (κ2) is 4.37. The van der Waals surface area contributed by atoms with Crippen molar-refractivity contribution in [1.82, 2.24) is 14.5 Å². The van der Waals surface area contributed by atoms with Crippen molar-refractivity contribution in [3.63, 3.8) is 0 Å². The first-order valence-corrected chi connectivity index (χ1v) is 5.85. The molecule has 1 N–H and O–H groups in total. The summed E-state index contributed by atoms with van der Waals surface area (Å²) in [6, 6.07) is 7.20. The van der Waals surface area contributed by atoms with Crippen molar-refractivity contribution in [2.24, 2.45) is 0 Å². The zero-order valence-electron chi connectivity index (χ0n) is 9.62. The van der Waals surface area contributed by atoms with Gasteiger partial charge in [-0.05, 0) is 24.3 Å². The molecular weight excluding hydrogens is 266 g/mol. The van der Waals surface area contributed by atoms with Crippen LogP contribution in [0.3, 0.4) is 0 Å². The molecule has 19 heavy (non-hydrogen) atoms. The summed E-state index contributed by atoms with van der Waals surface area (Å²) in [4.78, 5) is 19.0. The Morgan fingerprint density at radius 3 is 2.84 bits per heavy atom. The van der Waals surface area contributed by atoms with Gasteiger partial charge in [0.15, 0.2) is 5.69 Å². The molecule has 5 nitrogen and oxygen atoms in total. The second-order valence-electron chi connectivity index (χ2n) is 3.94. The van der Waals surface area contributed by atoms with E-state index in [9.17, 15) is 4.79 Å². The summed E-state index contributed by atoms with van der Waals surface area (Å²) in [7, 11) is 0. The second-order valence-corrected chi connectivity index (χ2v) is 4.34. The first-order chi connectivity index (χ1) is 9.16. The molecule has 1 aromatic carbocycles. The molecule has 2 heterocycles. The Morgan fingerprint density at radius 2 is 2.11 bits per heavy atom. The number of carboxylic acid groups (broad SMARTS) is 1. The lowest BCUT2D eigenvalue weighted by Crippen LogP contribution is -1.96. The molecule has 0 fully saturated rings. The Bertz CT molecular complexity index is 782. The average Bonchev–Trinajstić information content (AvgIpc) is 2.89. The van der Waals surface area contributed by atoms with Crippen molar-refractivity contribution in [3.8, 4) is 5.69 Å². The van der Waals surface area contributed by atoms with Crippen LogP contribution < -0.4 is 0 Å². The minimum atomic E-state index is -1.06. The van der Waals surface area contributed by atoms with Crippen LogP contribution in [0.5, 0.6) is 0 Å². The van der Waals surface area contributed by atoms with E-state index in [1.54, 1.807) is 29.0 Å². The average molecular weight is 274 g/mol. The number of imidazole rings is 1. The number of aromatic carboxylic acids is 1. The lowest BCUT2D eigenvalue weighted by atomic mass is 10.2. The van der Waals surface area contributed by atoms with Crippen LogP contribution in [-0.2, 0) is 0 Å². The number of rotatable bonds is 2. The van der Waals surface area contributed by atoms with Gasteiger partial charge in [0.25, 0.3) is 0 Å². The van der Waals surface area contributed by atoms with Gasteiger partial charge < -0.3 is 9.67 Å². The van der Waals surface area contributed by atoms with E-state index in [0.29, 0.717) is 10.5 Å². The molecule has 0 amide bonds. The molecule has 94 valence electrons. The number of carbonyl (C=O) groups is 1. The summed E-state index contributed by atoms with van der Waals surface area (Å²) in [5, 5.41) is 10.3. The van der Waals surface area contributed by atoms with Gasteiger partial charge in [-0.15, -0.1) is 0 Å². The molecule has 0 radical (unpaired) electrons. The van der Waals surface area contributed by atoms with Crippen molar-refractivity contribution >= 4 is 28.5 Å². The molecule has 0 saturated carbocycles. The Kier molecular flexibility index (Phi) is 2.68. The summed E-state index contributed by atoms with van der Waals surface area (Å²) in [6.45, 7) is 0. The third kappa shape index (κ3) is 1.94. The van der Waals surface area contributed by atoms with Crippen LogP contribution in [0, 0.1) is 0 Å². The quantitative estimate of drug-likeness (QED) is 0.779. The highest BCUT2D eigenvalue weighted by molar-refractivity contribution is 6.35. The summed E-state index contributed by atoms with van der Waals surface area (Å²) < 4.78 is 1.62. The molecule has 0 spiro atoms. The maximum absolute atomic E-state index is 10.9. The molecule has 2 aromatic heterocycles. The van der Waals surface area contributed by atoms with E-state index in [-0.39, 0.29) is 5.69 Å². The first kappa shape index (κ1) is 11.7. The number of aromatic nitrogens is 3. The molecule has 0 unspecified atom stereocenters. The van der Waals surface area contributed by atoms with Crippen LogP contribution >= 0.6 is 11.6 Å². The fourth-order valence-corrected chi connectivity index (χ4v) is 2.11. The SMILES string of the molecule is O=C(O)c1cn(-c2ccc(Cl)c3cccnc23)cn1. The van der Waals surface area contributed by atoms with Gasteiger partial charge in [0.2, 0.25) is 0 Å². The first-order valence-electron chi connectivity index (χ1n) is 5.48. The maximum Gasteiger partial charge on any atom is 0.356 e. The summed E-state index contributed by atoms with van der Waals surface area (Å²) >= 11 is 6.11. The predicted molar refractivity (Wildman–Crippen MR) is 70.8 cm³/mol. The summed E-state index contributed by atoms with van der Waals surface area (Å²) in [5.41, 5.74) is 1.42. The van der Waals surface area contributed by atoms with Gasteiger partial charge in [0.1, 0.15) is 6.33 Å². The van der Waals surface area contributed by atoms with Crippen molar-refractivity contribution in [3.05, 3.63) is 53.7 Å². The van der Waals surface area contributed by atoms with Crippen molar-refractivity contribution in [2.75, 3.05) is 0 Å². The fraction of sp³-hybridized carbons (Fsp3) is 0. The van der Waals surface area contributed by atoms with Crippen molar-refractivity contribution in [1.29, 1.82) is 0 Å². The molecular formula is C13H8ClN3O2. The maximum atomic E-state index is 10.9. The minimum Gasteiger partial charge on any atom is -0.476 e. The lowest BCUT2D eigenvalue weighted by Gasteiger charge is -2.07. The molecule has 0 saturated heterocycles. The highest BCUT2D eigenvalue weighted by atomic mass is 35.5. The van der Waals surface area contributed by atoms with Gasteiger partial charge >= 0.3 is 5.97 Å². The van der Waals surface area contributed by atoms with E-state index >= 15 is 0 Å². The highest BCUT2D eigenvalue weighted by Gasteiger charge is 2.11. The van der Waals surface area contributed by atoms with Crippen molar-refractivity contribution < 1.29 is 9.90 Å². The molecule has 0 aliphatic heterocycles. The summed E-state index contributed by atoms with van der Waals surface area (Å²) in [5.74, 6) is -1.06. The topological polar surface area (TPSA) is 68.0 Å². The third-order valence-electron chi connectivity index (χ3n) is 2.78. The molecule has 3 aromatic rings. The van der Waals surface area contributed by atoms with Crippen molar-refractivity contribution in [2.45, 2.75) is 0 Å². The van der Waals surface area contributed by atoms with E-state index in [2.05, 4.69) is 9.97 Å².